The van der Waals surface area contributed by atoms with Gasteiger partial charge in [-0.2, -0.15) is 0 Å². The number of benzene rings is 10. The summed E-state index contributed by atoms with van der Waals surface area (Å²) in [6.07, 6.45) is 0. The van der Waals surface area contributed by atoms with Gasteiger partial charge in [0.05, 0.1) is 16.6 Å². The number of ether oxygens (including phenoxy) is 1. The molecule has 0 saturated carbocycles. The van der Waals surface area contributed by atoms with Crippen molar-refractivity contribution >= 4 is 88.3 Å². The van der Waals surface area contributed by atoms with E-state index in [0.29, 0.717) is 0 Å². The smallest absolute Gasteiger partial charge is 0.256 e. The molecule has 2 aromatic heterocycles. The quantitative estimate of drug-likeness (QED) is 0.161. The Labute approximate surface area is 497 Å². The Morgan fingerprint density at radius 3 is 1.31 bits per heavy atom. The summed E-state index contributed by atoms with van der Waals surface area (Å²) in [5.74, 6) is 1.75. The molecule has 3 nitrogen and oxygen atoms in total. The molecule has 14 rings (SSSR count). The molecule has 10 aromatic carbocycles. The number of hydrogen-bond donors (Lipinski definition) is 0. The van der Waals surface area contributed by atoms with Crippen LogP contribution in [0.3, 0.4) is 0 Å². The van der Waals surface area contributed by atoms with Gasteiger partial charge in [0.1, 0.15) is 11.5 Å². The van der Waals surface area contributed by atoms with Crippen molar-refractivity contribution in [3.05, 3.63) is 222 Å². The zero-order valence-corrected chi connectivity index (χ0v) is 51.9. The summed E-state index contributed by atoms with van der Waals surface area (Å²) in [5.41, 5.74) is 21.7. The lowest BCUT2D eigenvalue weighted by Crippen LogP contribution is -2.58. The van der Waals surface area contributed by atoms with Gasteiger partial charge in [0.25, 0.3) is 6.71 Å². The third-order valence-corrected chi connectivity index (χ3v) is 18.6. The van der Waals surface area contributed by atoms with Gasteiger partial charge in [-0.1, -0.05) is 237 Å². The summed E-state index contributed by atoms with van der Waals surface area (Å²) in [5, 5.41) is 9.77. The highest BCUT2D eigenvalue weighted by Gasteiger charge is 2.41. The van der Waals surface area contributed by atoms with E-state index in [1.165, 1.54) is 110 Å². The van der Waals surface area contributed by atoms with Crippen LogP contribution in [-0.2, 0) is 27.1 Å². The van der Waals surface area contributed by atoms with Gasteiger partial charge in [0.15, 0.2) is 0 Å². The lowest BCUT2D eigenvalue weighted by atomic mass is 9.34. The molecule has 0 radical (unpaired) electrons. The minimum atomic E-state index is -0.188. The fourth-order valence-corrected chi connectivity index (χ4v) is 13.7. The molecule has 0 spiro atoms. The lowest BCUT2D eigenvalue weighted by molar-refractivity contribution is 0.487. The Kier molecular flexibility index (Phi) is 11.9. The van der Waals surface area contributed by atoms with Crippen molar-refractivity contribution in [2.45, 2.75) is 131 Å². The van der Waals surface area contributed by atoms with Crippen molar-refractivity contribution in [1.82, 2.24) is 9.13 Å². The number of nitrogens with zero attached hydrogens (tertiary/aromatic N) is 2. The number of fused-ring (bicyclic) bond motifs is 14. The number of rotatable bonds is 3. The fourth-order valence-electron chi connectivity index (χ4n) is 13.7. The highest BCUT2D eigenvalue weighted by molar-refractivity contribution is 6.99. The van der Waals surface area contributed by atoms with E-state index in [1.807, 2.05) is 0 Å². The van der Waals surface area contributed by atoms with Crippen LogP contribution in [-0.4, -0.2) is 15.8 Å². The van der Waals surface area contributed by atoms with Gasteiger partial charge in [-0.15, -0.1) is 0 Å². The predicted octanol–water partition coefficient (Wildman–Crippen LogP) is 20.1. The maximum absolute atomic E-state index is 7.67. The molecule has 0 atom stereocenters. The zero-order chi connectivity index (χ0) is 58.7. The Morgan fingerprint density at radius 2 is 0.762 bits per heavy atom. The first-order valence-corrected chi connectivity index (χ1v) is 30.4. The number of hydrogen-bond acceptors (Lipinski definition) is 1. The van der Waals surface area contributed by atoms with Crippen LogP contribution in [0.4, 0.5) is 0 Å². The normalized spacial score (nSPS) is 13.5. The SMILES string of the molecule is CC(C)(C)c1ccc(-c2cc3c4c(c2)-n2c5ccccc5c5ccccc5c5ccccc5c5cc(-c6cc(C(C)(C)C)cc(C(C)(C)C)c6)cc(c52)B4c2ccc(-n4c5ccc(C(C)(C)C)cc5c5cc(C(C)(C)C)ccc54)cc2O3)cc1. The Bertz CT molecular complexity index is 4710. The second-order valence-electron chi connectivity index (χ2n) is 29.5. The molecule has 84 heavy (non-hydrogen) atoms. The van der Waals surface area contributed by atoms with Crippen molar-refractivity contribution in [2.75, 3.05) is 0 Å². The third-order valence-electron chi connectivity index (χ3n) is 18.6. The van der Waals surface area contributed by atoms with Gasteiger partial charge >= 0.3 is 0 Å². The molecule has 4 heteroatoms. The van der Waals surface area contributed by atoms with Crippen LogP contribution in [0.1, 0.15) is 132 Å². The molecule has 0 N–H and O–H groups in total. The van der Waals surface area contributed by atoms with E-state index in [-0.39, 0.29) is 33.8 Å². The summed E-state index contributed by atoms with van der Waals surface area (Å²) in [7, 11) is 0. The molecule has 0 bridgehead atoms. The molecular formula is C80H77BN2O. The average molecular weight is 1090 g/mol. The van der Waals surface area contributed by atoms with E-state index in [0.717, 1.165) is 45.0 Å². The first-order chi connectivity index (χ1) is 39.8. The Hall–Kier alpha value is -8.34. The van der Waals surface area contributed by atoms with Crippen molar-refractivity contribution in [1.29, 1.82) is 0 Å². The highest BCUT2D eigenvalue weighted by Crippen LogP contribution is 2.44. The van der Waals surface area contributed by atoms with Gasteiger partial charge in [-0.05, 0) is 170 Å². The van der Waals surface area contributed by atoms with Gasteiger partial charge in [0.2, 0.25) is 0 Å². The summed E-state index contributed by atoms with van der Waals surface area (Å²) in [6, 6.07) is 75.1. The van der Waals surface area contributed by atoms with Crippen LogP contribution in [0.2, 0.25) is 0 Å². The van der Waals surface area contributed by atoms with Crippen LogP contribution in [0.25, 0.3) is 98.8 Å². The van der Waals surface area contributed by atoms with E-state index in [4.69, 9.17) is 4.74 Å². The standard InChI is InChI=1S/C80H77BN2O/c1-76(2,3)52-30-28-48(29-31-52)51-42-71-74-73(43-51)84-72-47-57(82-69-36-32-53(77(4,5)6)45-63(69)64-46-54(78(7,8)9)33-37-70(64)82)34-35-66(72)81(74)67-41-50(49-38-55(79(10,11)12)44-56(39-49)80(13,14)15)40-65-61-25-19-17-23-59(61)58-22-16-18-24-60(58)62-26-20-21-27-68(62)83(71)75(65)67/h16-47H,1-15H3. The molecule has 0 saturated heterocycles. The second-order valence-corrected chi connectivity index (χ2v) is 29.5. The predicted molar refractivity (Wildman–Crippen MR) is 363 cm³/mol. The van der Waals surface area contributed by atoms with E-state index < -0.39 is 0 Å². The molecule has 12 aromatic rings. The van der Waals surface area contributed by atoms with Crippen LogP contribution in [0.5, 0.6) is 11.5 Å². The minimum absolute atomic E-state index is 0.00854. The molecule has 0 fully saturated rings. The van der Waals surface area contributed by atoms with Gasteiger partial charge in [-0.25, -0.2) is 0 Å². The highest BCUT2D eigenvalue weighted by atomic mass is 16.5. The summed E-state index contributed by atoms with van der Waals surface area (Å²) in [4.78, 5) is 0. The summed E-state index contributed by atoms with van der Waals surface area (Å²) >= 11 is 0. The van der Waals surface area contributed by atoms with E-state index in [2.05, 4.69) is 307 Å². The van der Waals surface area contributed by atoms with Crippen molar-refractivity contribution in [3.8, 4) is 45.1 Å². The fraction of sp³-hybridized carbons (Fsp3) is 0.250. The average Bonchev–Trinajstić information content (AvgIpc) is 1.31. The van der Waals surface area contributed by atoms with Crippen LogP contribution in [0, 0.1) is 0 Å². The van der Waals surface area contributed by atoms with Gasteiger partial charge in [-0.3, -0.25) is 0 Å². The zero-order valence-electron chi connectivity index (χ0n) is 51.9. The number of aromatic nitrogens is 2. The van der Waals surface area contributed by atoms with Crippen LogP contribution >= 0.6 is 0 Å². The lowest BCUT2D eigenvalue weighted by Gasteiger charge is -2.35. The first-order valence-electron chi connectivity index (χ1n) is 30.4. The maximum atomic E-state index is 7.67. The molecule has 0 amide bonds. The number of para-hydroxylation sites is 1. The van der Waals surface area contributed by atoms with E-state index in [1.54, 1.807) is 0 Å². The summed E-state index contributed by atoms with van der Waals surface area (Å²) < 4.78 is 12.8. The van der Waals surface area contributed by atoms with Gasteiger partial charge in [0, 0.05) is 44.5 Å². The minimum Gasteiger partial charge on any atom is -0.458 e. The van der Waals surface area contributed by atoms with Crippen molar-refractivity contribution < 1.29 is 4.74 Å². The van der Waals surface area contributed by atoms with Crippen molar-refractivity contribution in [2.24, 2.45) is 0 Å². The van der Waals surface area contributed by atoms with Crippen LogP contribution in [0.15, 0.2) is 194 Å². The van der Waals surface area contributed by atoms with Crippen molar-refractivity contribution in [3.63, 3.8) is 0 Å². The molecule has 2 aliphatic heterocycles. The molecule has 4 heterocycles. The third kappa shape index (κ3) is 8.68. The Morgan fingerprint density at radius 1 is 0.298 bits per heavy atom. The van der Waals surface area contributed by atoms with E-state index >= 15 is 0 Å². The Balaban J connectivity index is 1.15. The first kappa shape index (κ1) is 53.7. The van der Waals surface area contributed by atoms with Crippen LogP contribution < -0.4 is 21.1 Å². The summed E-state index contributed by atoms with van der Waals surface area (Å²) in [6.45, 7) is 34.7. The van der Waals surface area contributed by atoms with Gasteiger partial charge < -0.3 is 13.9 Å². The molecule has 0 unspecified atom stereocenters. The molecule has 0 aliphatic carbocycles. The largest absolute Gasteiger partial charge is 0.458 e. The molecular weight excluding hydrogens is 1020 g/mol. The monoisotopic (exact) mass is 1090 g/mol. The van der Waals surface area contributed by atoms with E-state index in [9.17, 15) is 0 Å². The topological polar surface area (TPSA) is 19.1 Å². The molecule has 416 valence electrons. The molecule has 2 aliphatic rings. The maximum Gasteiger partial charge on any atom is 0.256 e. The second kappa shape index (κ2) is 18.6.